The smallest absolute Gasteiger partial charge is 0.199 e. The van der Waals surface area contributed by atoms with Crippen molar-refractivity contribution in [2.24, 2.45) is 5.16 Å². The fourth-order valence-electron chi connectivity index (χ4n) is 2.45. The van der Waals surface area contributed by atoms with Crippen LogP contribution in [0, 0.1) is 5.82 Å². The summed E-state index contributed by atoms with van der Waals surface area (Å²) in [6.45, 7) is 1.86. The van der Waals surface area contributed by atoms with E-state index in [1.54, 1.807) is 6.07 Å². The van der Waals surface area contributed by atoms with E-state index in [1.165, 1.54) is 12.1 Å². The molecule has 0 fully saturated rings. The van der Waals surface area contributed by atoms with Gasteiger partial charge in [0.05, 0.1) is 5.54 Å². The van der Waals surface area contributed by atoms with E-state index < -0.39 is 5.54 Å². The van der Waals surface area contributed by atoms with Crippen LogP contribution in [0.15, 0.2) is 28.0 Å². The van der Waals surface area contributed by atoms with Crippen molar-refractivity contribution in [2.75, 3.05) is 5.73 Å². The monoisotopic (exact) mass is 277 g/mol. The molecule has 2 aromatic rings. The lowest BCUT2D eigenvalue weighted by Crippen LogP contribution is -2.51. The molecule has 0 amide bonds. The molecule has 104 valence electrons. The highest BCUT2D eigenvalue weighted by Crippen LogP contribution is 2.39. The highest BCUT2D eigenvalue weighted by atomic mass is 19.1. The van der Waals surface area contributed by atoms with Crippen molar-refractivity contribution in [3.8, 4) is 0 Å². The number of nitrogens with one attached hydrogen (secondary N) is 1. The van der Waals surface area contributed by atoms with Gasteiger partial charge in [0.1, 0.15) is 5.82 Å². The van der Waals surface area contributed by atoms with Crippen LogP contribution in [0.4, 0.5) is 10.2 Å². The molecule has 1 aromatic heterocycles. The number of rotatable bonds is 2. The predicted octanol–water partition coefficient (Wildman–Crippen LogP) is 0.988. The summed E-state index contributed by atoms with van der Waals surface area (Å²) in [5.41, 5.74) is 6.93. The van der Waals surface area contributed by atoms with Gasteiger partial charge in [-0.05, 0) is 46.9 Å². The second-order valence-corrected chi connectivity index (χ2v) is 4.88. The standard InChI is InChI=1S/C12H12FN5O2/c1-12(5-6-2-3-7(13)4-8(6)12)15-11(16-19)9-10(14)18-20-17-9/h2-4,19H,5H2,1H3,(H2,14,18)(H,15,16)/t12-/m0/s1. The van der Waals surface area contributed by atoms with Crippen molar-refractivity contribution >= 4 is 11.7 Å². The van der Waals surface area contributed by atoms with Crippen LogP contribution < -0.4 is 11.1 Å². The molecule has 0 saturated carbocycles. The highest BCUT2D eigenvalue weighted by molar-refractivity contribution is 6.00. The van der Waals surface area contributed by atoms with Crippen LogP contribution in [-0.4, -0.2) is 21.4 Å². The zero-order valence-electron chi connectivity index (χ0n) is 10.6. The zero-order chi connectivity index (χ0) is 14.3. The van der Waals surface area contributed by atoms with Gasteiger partial charge in [0.25, 0.3) is 0 Å². The summed E-state index contributed by atoms with van der Waals surface area (Å²) in [5, 5.41) is 22.2. The number of benzene rings is 1. The van der Waals surface area contributed by atoms with E-state index in [2.05, 4.69) is 25.4 Å². The number of oxime groups is 1. The maximum Gasteiger partial charge on any atom is 0.199 e. The molecule has 0 spiro atoms. The van der Waals surface area contributed by atoms with Crippen molar-refractivity contribution in [3.63, 3.8) is 0 Å². The predicted molar refractivity (Wildman–Crippen MR) is 67.6 cm³/mol. The van der Waals surface area contributed by atoms with Crippen LogP contribution in [0.2, 0.25) is 0 Å². The summed E-state index contributed by atoms with van der Waals surface area (Å²) < 4.78 is 17.8. The van der Waals surface area contributed by atoms with Gasteiger partial charge in [-0.2, -0.15) is 0 Å². The number of halogens is 1. The fraction of sp³-hybridized carbons (Fsp3) is 0.250. The van der Waals surface area contributed by atoms with Crippen molar-refractivity contribution < 1.29 is 14.2 Å². The van der Waals surface area contributed by atoms with E-state index in [0.717, 1.165) is 11.1 Å². The van der Waals surface area contributed by atoms with Gasteiger partial charge in [-0.15, -0.1) is 0 Å². The Morgan fingerprint density at radius 2 is 2.35 bits per heavy atom. The first kappa shape index (κ1) is 12.4. The maximum absolute atomic E-state index is 13.3. The Morgan fingerprint density at radius 3 is 3.00 bits per heavy atom. The molecule has 1 atom stereocenters. The molecule has 1 aliphatic rings. The van der Waals surface area contributed by atoms with Crippen LogP contribution in [0.25, 0.3) is 0 Å². The summed E-state index contributed by atoms with van der Waals surface area (Å²) in [5.74, 6) is -0.282. The minimum absolute atomic E-state index is 0.00712. The average Bonchev–Trinajstić information content (AvgIpc) is 2.84. The first-order valence-corrected chi connectivity index (χ1v) is 5.91. The molecule has 1 aliphatic carbocycles. The highest BCUT2D eigenvalue weighted by Gasteiger charge is 2.40. The van der Waals surface area contributed by atoms with Gasteiger partial charge in [0, 0.05) is 0 Å². The lowest BCUT2D eigenvalue weighted by molar-refractivity contribution is 0.298. The molecule has 1 heterocycles. The number of amidine groups is 1. The molecule has 8 heteroatoms. The van der Waals surface area contributed by atoms with Crippen molar-refractivity contribution in [1.29, 1.82) is 0 Å². The number of nitrogens with zero attached hydrogens (tertiary/aromatic N) is 3. The molecule has 0 aliphatic heterocycles. The normalized spacial score (nSPS) is 21.2. The minimum atomic E-state index is -0.565. The minimum Gasteiger partial charge on any atom is -0.409 e. The molecule has 0 unspecified atom stereocenters. The van der Waals surface area contributed by atoms with Gasteiger partial charge in [-0.3, -0.25) is 0 Å². The number of aromatic nitrogens is 2. The van der Waals surface area contributed by atoms with Gasteiger partial charge >= 0.3 is 0 Å². The van der Waals surface area contributed by atoms with E-state index in [9.17, 15) is 4.39 Å². The summed E-state index contributed by atoms with van der Waals surface area (Å²) in [7, 11) is 0. The van der Waals surface area contributed by atoms with Crippen molar-refractivity contribution in [2.45, 2.75) is 18.9 Å². The Labute approximate surface area is 113 Å². The molecular formula is C12H12FN5O2. The van der Waals surface area contributed by atoms with Gasteiger partial charge in [0.2, 0.25) is 0 Å². The quantitative estimate of drug-likeness (QED) is 0.327. The number of hydrogen-bond acceptors (Lipinski definition) is 6. The lowest BCUT2D eigenvalue weighted by Gasteiger charge is -2.42. The second kappa shape index (κ2) is 4.19. The number of nitrogen functional groups attached to an aromatic ring is 1. The van der Waals surface area contributed by atoms with Gasteiger partial charge in [-0.1, -0.05) is 11.2 Å². The van der Waals surface area contributed by atoms with Crippen LogP contribution in [-0.2, 0) is 12.0 Å². The average molecular weight is 277 g/mol. The number of hydrogen-bond donors (Lipinski definition) is 3. The van der Waals surface area contributed by atoms with Crippen LogP contribution in [0.5, 0.6) is 0 Å². The van der Waals surface area contributed by atoms with Crippen molar-refractivity contribution in [3.05, 3.63) is 40.8 Å². The number of anilines is 1. The van der Waals surface area contributed by atoms with Gasteiger partial charge in [0.15, 0.2) is 17.3 Å². The van der Waals surface area contributed by atoms with E-state index in [0.29, 0.717) is 6.42 Å². The third-order valence-corrected chi connectivity index (χ3v) is 3.44. The molecule has 7 nitrogen and oxygen atoms in total. The Bertz CT molecular complexity index is 699. The molecule has 0 bridgehead atoms. The Hall–Kier alpha value is -2.64. The van der Waals surface area contributed by atoms with Gasteiger partial charge < -0.3 is 16.3 Å². The summed E-state index contributed by atoms with van der Waals surface area (Å²) in [6.07, 6.45) is 0.660. The number of nitrogens with two attached hydrogens (primary N) is 1. The molecule has 0 saturated heterocycles. The first-order chi connectivity index (χ1) is 9.53. The topological polar surface area (TPSA) is 110 Å². The SMILES string of the molecule is C[C@]1(N/C(=N\O)c2nonc2N)Cc2ccc(F)cc21. The van der Waals surface area contributed by atoms with Crippen LogP contribution in [0.3, 0.4) is 0 Å². The Balaban J connectivity index is 1.90. The summed E-state index contributed by atoms with van der Waals surface area (Å²) in [4.78, 5) is 0. The third-order valence-electron chi connectivity index (χ3n) is 3.44. The lowest BCUT2D eigenvalue weighted by atomic mass is 9.71. The summed E-state index contributed by atoms with van der Waals surface area (Å²) >= 11 is 0. The zero-order valence-corrected chi connectivity index (χ0v) is 10.6. The fourth-order valence-corrected chi connectivity index (χ4v) is 2.45. The molecule has 0 radical (unpaired) electrons. The Kier molecular flexibility index (Phi) is 2.60. The van der Waals surface area contributed by atoms with Crippen LogP contribution >= 0.6 is 0 Å². The number of fused-ring (bicyclic) bond motifs is 1. The van der Waals surface area contributed by atoms with Crippen LogP contribution in [0.1, 0.15) is 23.7 Å². The molecule has 20 heavy (non-hydrogen) atoms. The molecule has 3 rings (SSSR count). The molecular weight excluding hydrogens is 265 g/mol. The maximum atomic E-state index is 13.3. The first-order valence-electron chi connectivity index (χ1n) is 5.91. The summed E-state index contributed by atoms with van der Waals surface area (Å²) in [6, 6.07) is 4.60. The molecule has 1 aromatic carbocycles. The molecule has 4 N–H and O–H groups in total. The van der Waals surface area contributed by atoms with E-state index in [-0.39, 0.29) is 23.2 Å². The largest absolute Gasteiger partial charge is 0.409 e. The Morgan fingerprint density at radius 1 is 1.55 bits per heavy atom. The van der Waals surface area contributed by atoms with Crippen molar-refractivity contribution in [1.82, 2.24) is 15.6 Å². The van der Waals surface area contributed by atoms with Gasteiger partial charge in [-0.25, -0.2) is 9.02 Å². The third kappa shape index (κ3) is 1.77. The van der Waals surface area contributed by atoms with E-state index in [1.807, 2.05) is 6.92 Å². The van der Waals surface area contributed by atoms with E-state index >= 15 is 0 Å². The van der Waals surface area contributed by atoms with E-state index in [4.69, 9.17) is 10.9 Å². The second-order valence-electron chi connectivity index (χ2n) is 4.88.